The number of nitrogens with one attached hydrogen (secondary N) is 2. The normalized spacial score (nSPS) is 15.3. The molecule has 4 aromatic rings. The lowest BCUT2D eigenvalue weighted by Gasteiger charge is -2.07. The summed E-state index contributed by atoms with van der Waals surface area (Å²) >= 11 is 6.04. The van der Waals surface area contributed by atoms with E-state index >= 15 is 0 Å². The van der Waals surface area contributed by atoms with Crippen LogP contribution in [0.15, 0.2) is 34.2 Å². The van der Waals surface area contributed by atoms with Crippen LogP contribution in [0.3, 0.4) is 0 Å². The Labute approximate surface area is 171 Å². The van der Waals surface area contributed by atoms with Crippen LogP contribution in [-0.2, 0) is 0 Å². The number of hydrogen-bond donors (Lipinski definition) is 3. The van der Waals surface area contributed by atoms with E-state index in [1.54, 1.807) is 0 Å². The Kier molecular flexibility index (Phi) is 4.24. The number of hydrogen-bond acceptors (Lipinski definition) is 7. The molecule has 3 heterocycles. The van der Waals surface area contributed by atoms with Crippen molar-refractivity contribution in [2.45, 2.75) is 18.9 Å². The fourth-order valence-corrected chi connectivity index (χ4v) is 2.98. The SMILES string of the molecule is O=c1[nH]c(O)c(/C=c2\cnn3c(=NC4CC4)nc(Oc4c(F)cccc4Cl)nc23)[nH]1. The van der Waals surface area contributed by atoms with Gasteiger partial charge in [-0.25, -0.2) is 14.2 Å². The minimum Gasteiger partial charge on any atom is -0.493 e. The van der Waals surface area contributed by atoms with Crippen molar-refractivity contribution in [1.82, 2.24) is 29.5 Å². The molecule has 1 aliphatic rings. The molecule has 3 aromatic heterocycles. The number of benzene rings is 1. The number of aromatic hydroxyl groups is 1. The Hall–Kier alpha value is -3.73. The van der Waals surface area contributed by atoms with Crippen molar-refractivity contribution in [3.63, 3.8) is 0 Å². The summed E-state index contributed by atoms with van der Waals surface area (Å²) in [4.78, 5) is 29.1. The van der Waals surface area contributed by atoms with Crippen LogP contribution in [0.5, 0.6) is 17.6 Å². The molecule has 152 valence electrons. The van der Waals surface area contributed by atoms with Gasteiger partial charge in [0.1, 0.15) is 5.69 Å². The van der Waals surface area contributed by atoms with E-state index in [-0.39, 0.29) is 45.7 Å². The highest BCUT2D eigenvalue weighted by atomic mass is 35.5. The second-order valence-electron chi connectivity index (χ2n) is 6.64. The summed E-state index contributed by atoms with van der Waals surface area (Å²) in [6.45, 7) is 0. The van der Waals surface area contributed by atoms with Gasteiger partial charge in [-0.15, -0.1) is 0 Å². The van der Waals surface area contributed by atoms with E-state index in [4.69, 9.17) is 16.3 Å². The standard InChI is InChI=1S/C18H13ClFN7O3/c19-10-2-1-3-11(20)13(10)30-18-24-14-8(6-12-15(28)25-17(29)23-12)7-21-27(14)16(26-18)22-9-4-5-9/h1-3,6-7,9,28H,4-5H2,(H2,23,25,29)/b8-6+,22-16?. The number of imidazole rings is 1. The molecule has 0 unspecified atom stereocenters. The monoisotopic (exact) mass is 429 g/mol. The number of para-hydroxylation sites is 1. The molecule has 0 aliphatic heterocycles. The van der Waals surface area contributed by atoms with Gasteiger partial charge in [-0.2, -0.15) is 19.6 Å². The van der Waals surface area contributed by atoms with Crippen molar-refractivity contribution in [2.24, 2.45) is 4.99 Å². The summed E-state index contributed by atoms with van der Waals surface area (Å²) in [5.41, 5.74) is 0.103. The molecule has 1 aliphatic carbocycles. The lowest BCUT2D eigenvalue weighted by molar-refractivity contribution is 0.407. The minimum absolute atomic E-state index is 0.0641. The number of rotatable bonds is 4. The quantitative estimate of drug-likeness (QED) is 0.444. The van der Waals surface area contributed by atoms with Gasteiger partial charge >= 0.3 is 11.7 Å². The van der Waals surface area contributed by atoms with Crippen molar-refractivity contribution in [3.8, 4) is 17.6 Å². The number of H-pyrrole nitrogens is 2. The maximum Gasteiger partial charge on any atom is 0.327 e. The molecule has 0 spiro atoms. The molecule has 10 nitrogen and oxygen atoms in total. The number of aromatic amines is 2. The number of fused-ring (bicyclic) bond motifs is 1. The van der Waals surface area contributed by atoms with E-state index in [0.717, 1.165) is 12.8 Å². The highest BCUT2D eigenvalue weighted by Gasteiger charge is 2.21. The van der Waals surface area contributed by atoms with E-state index in [9.17, 15) is 14.3 Å². The molecule has 0 radical (unpaired) electrons. The summed E-state index contributed by atoms with van der Waals surface area (Å²) in [6, 6.07) is 4.09. The van der Waals surface area contributed by atoms with Gasteiger partial charge in [0.25, 0.3) is 5.62 Å². The van der Waals surface area contributed by atoms with Crippen LogP contribution in [0.25, 0.3) is 11.7 Å². The van der Waals surface area contributed by atoms with Crippen LogP contribution in [0.4, 0.5) is 4.39 Å². The predicted molar refractivity (Wildman–Crippen MR) is 103 cm³/mol. The largest absolute Gasteiger partial charge is 0.493 e. The van der Waals surface area contributed by atoms with Crippen LogP contribution < -0.4 is 21.3 Å². The average Bonchev–Trinajstić information content (AvgIpc) is 3.34. The first-order chi connectivity index (χ1) is 14.5. The molecule has 30 heavy (non-hydrogen) atoms. The van der Waals surface area contributed by atoms with Gasteiger partial charge in [-0.05, 0) is 31.1 Å². The van der Waals surface area contributed by atoms with Crippen molar-refractivity contribution in [1.29, 1.82) is 0 Å². The van der Waals surface area contributed by atoms with Gasteiger partial charge in [0.05, 0.1) is 17.3 Å². The third kappa shape index (κ3) is 3.39. The predicted octanol–water partition coefficient (Wildman–Crippen LogP) is 1.04. The summed E-state index contributed by atoms with van der Waals surface area (Å²) < 4.78 is 21.1. The zero-order valence-corrected chi connectivity index (χ0v) is 15.9. The molecule has 0 bridgehead atoms. The maximum absolute atomic E-state index is 14.1. The Morgan fingerprint density at radius 1 is 1.33 bits per heavy atom. The summed E-state index contributed by atoms with van der Waals surface area (Å²) in [5.74, 6) is -1.20. The Bertz CT molecular complexity index is 1430. The molecular weight excluding hydrogens is 417 g/mol. The average molecular weight is 430 g/mol. The third-order valence-electron chi connectivity index (χ3n) is 4.35. The second kappa shape index (κ2) is 6.95. The van der Waals surface area contributed by atoms with E-state index in [1.807, 2.05) is 0 Å². The lowest BCUT2D eigenvalue weighted by Crippen LogP contribution is -2.23. The molecule has 0 atom stereocenters. The van der Waals surface area contributed by atoms with Gasteiger partial charge in [-0.3, -0.25) is 4.98 Å². The second-order valence-corrected chi connectivity index (χ2v) is 7.05. The first-order valence-corrected chi connectivity index (χ1v) is 9.30. The van der Waals surface area contributed by atoms with Crippen LogP contribution in [0, 0.1) is 5.82 Å². The molecule has 0 amide bonds. The van der Waals surface area contributed by atoms with Crippen molar-refractivity contribution in [3.05, 3.63) is 62.3 Å². The minimum atomic E-state index is -0.665. The number of halogens is 2. The van der Waals surface area contributed by atoms with Crippen molar-refractivity contribution < 1.29 is 14.2 Å². The van der Waals surface area contributed by atoms with Crippen molar-refractivity contribution >= 4 is 23.3 Å². The van der Waals surface area contributed by atoms with Gasteiger partial charge in [-0.1, -0.05) is 17.7 Å². The van der Waals surface area contributed by atoms with E-state index in [2.05, 4.69) is 30.0 Å². The smallest absolute Gasteiger partial charge is 0.327 e. The topological polar surface area (TPSA) is 134 Å². The summed E-state index contributed by atoms with van der Waals surface area (Å²) in [7, 11) is 0. The molecule has 12 heteroatoms. The Morgan fingerprint density at radius 2 is 2.17 bits per heavy atom. The fraction of sp³-hybridized carbons (Fsp3) is 0.167. The number of aromatic nitrogens is 6. The first-order valence-electron chi connectivity index (χ1n) is 8.92. The molecule has 5 rings (SSSR count). The van der Waals surface area contributed by atoms with Gasteiger partial charge < -0.3 is 14.8 Å². The van der Waals surface area contributed by atoms with Crippen LogP contribution in [-0.4, -0.2) is 40.7 Å². The lowest BCUT2D eigenvalue weighted by atomic mass is 10.3. The molecule has 3 N–H and O–H groups in total. The van der Waals surface area contributed by atoms with Gasteiger partial charge in [0, 0.05) is 5.22 Å². The van der Waals surface area contributed by atoms with E-state index in [1.165, 1.54) is 35.0 Å². The van der Waals surface area contributed by atoms with E-state index < -0.39 is 11.5 Å². The Morgan fingerprint density at radius 3 is 2.87 bits per heavy atom. The van der Waals surface area contributed by atoms with Crippen LogP contribution in [0.2, 0.25) is 5.02 Å². The third-order valence-corrected chi connectivity index (χ3v) is 4.65. The number of ether oxygens (including phenoxy) is 1. The van der Waals surface area contributed by atoms with Gasteiger partial charge in [0.15, 0.2) is 17.2 Å². The van der Waals surface area contributed by atoms with Crippen molar-refractivity contribution in [2.75, 3.05) is 0 Å². The molecule has 1 fully saturated rings. The highest BCUT2D eigenvalue weighted by Crippen LogP contribution is 2.30. The summed E-state index contributed by atoms with van der Waals surface area (Å²) in [5, 5.41) is 14.6. The summed E-state index contributed by atoms with van der Waals surface area (Å²) in [6.07, 6.45) is 4.81. The van der Waals surface area contributed by atoms with E-state index in [0.29, 0.717) is 5.22 Å². The van der Waals surface area contributed by atoms with Gasteiger partial charge in [0.2, 0.25) is 5.88 Å². The molecule has 1 saturated carbocycles. The molecule has 0 saturated heterocycles. The molecule has 1 aromatic carbocycles. The zero-order valence-electron chi connectivity index (χ0n) is 15.1. The highest BCUT2D eigenvalue weighted by molar-refractivity contribution is 6.32. The fourth-order valence-electron chi connectivity index (χ4n) is 2.78. The molecular formula is C18H13ClFN7O3. The zero-order chi connectivity index (χ0) is 20.8. The van der Waals surface area contributed by atoms with Crippen LogP contribution in [0.1, 0.15) is 18.5 Å². The van der Waals surface area contributed by atoms with Crippen LogP contribution >= 0.6 is 11.6 Å². The maximum atomic E-state index is 14.1. The Balaban J connectivity index is 1.71. The number of nitrogens with zero attached hydrogens (tertiary/aromatic N) is 5. The first kappa shape index (κ1) is 18.3.